The van der Waals surface area contributed by atoms with E-state index < -0.39 is 0 Å². The summed E-state index contributed by atoms with van der Waals surface area (Å²) in [6.07, 6.45) is 9.48. The first kappa shape index (κ1) is 12.4. The molecular formula is C14H28N2. The molecule has 2 atom stereocenters. The van der Waals surface area contributed by atoms with Crippen molar-refractivity contribution in [3.05, 3.63) is 0 Å². The second-order valence-electron chi connectivity index (χ2n) is 5.91. The molecule has 0 spiro atoms. The molecule has 1 saturated heterocycles. The Morgan fingerprint density at radius 2 is 1.88 bits per heavy atom. The molecule has 1 aliphatic carbocycles. The molecule has 16 heavy (non-hydrogen) atoms. The van der Waals surface area contributed by atoms with E-state index in [1.807, 2.05) is 0 Å². The lowest BCUT2D eigenvalue weighted by Crippen LogP contribution is -2.56. The van der Waals surface area contributed by atoms with Gasteiger partial charge < -0.3 is 5.73 Å². The van der Waals surface area contributed by atoms with Gasteiger partial charge in [0.25, 0.3) is 0 Å². The smallest absolute Gasteiger partial charge is 0.0334 e. The van der Waals surface area contributed by atoms with Gasteiger partial charge in [-0.1, -0.05) is 26.7 Å². The number of nitrogens with two attached hydrogens (primary N) is 1. The maximum atomic E-state index is 6.15. The summed E-state index contributed by atoms with van der Waals surface area (Å²) in [5, 5.41) is 0. The molecule has 2 bridgehead atoms. The van der Waals surface area contributed by atoms with Gasteiger partial charge in [0.05, 0.1) is 0 Å². The monoisotopic (exact) mass is 224 g/mol. The molecule has 94 valence electrons. The van der Waals surface area contributed by atoms with Crippen LogP contribution in [0.2, 0.25) is 0 Å². The van der Waals surface area contributed by atoms with Crippen LogP contribution in [0.1, 0.15) is 58.8 Å². The number of likely N-dealkylation sites (tertiary alicyclic amines) is 1. The van der Waals surface area contributed by atoms with Gasteiger partial charge in [-0.25, -0.2) is 0 Å². The Bertz CT molecular complexity index is 221. The van der Waals surface area contributed by atoms with E-state index in [-0.39, 0.29) is 0 Å². The Morgan fingerprint density at radius 1 is 1.19 bits per heavy atom. The van der Waals surface area contributed by atoms with E-state index in [1.165, 1.54) is 51.5 Å². The largest absolute Gasteiger partial charge is 0.329 e. The average Bonchev–Trinajstić information content (AvgIpc) is 2.90. The Labute approximate surface area is 101 Å². The highest BCUT2D eigenvalue weighted by atomic mass is 15.3. The summed E-state index contributed by atoms with van der Waals surface area (Å²) < 4.78 is 0. The normalized spacial score (nSPS) is 30.2. The van der Waals surface area contributed by atoms with Crippen molar-refractivity contribution in [2.45, 2.75) is 70.4 Å². The molecule has 2 nitrogen and oxygen atoms in total. The van der Waals surface area contributed by atoms with Crippen molar-refractivity contribution in [1.29, 1.82) is 0 Å². The van der Waals surface area contributed by atoms with Gasteiger partial charge in [-0.2, -0.15) is 0 Å². The van der Waals surface area contributed by atoms with E-state index in [2.05, 4.69) is 18.7 Å². The molecule has 0 aromatic rings. The van der Waals surface area contributed by atoms with Gasteiger partial charge in [0, 0.05) is 24.7 Å². The van der Waals surface area contributed by atoms with Gasteiger partial charge in [-0.15, -0.1) is 0 Å². The lowest BCUT2D eigenvalue weighted by atomic mass is 9.85. The quantitative estimate of drug-likeness (QED) is 0.751. The van der Waals surface area contributed by atoms with Crippen LogP contribution >= 0.6 is 0 Å². The molecule has 1 aliphatic heterocycles. The van der Waals surface area contributed by atoms with Crippen LogP contribution in [0.4, 0.5) is 0 Å². The maximum absolute atomic E-state index is 6.15. The third kappa shape index (κ3) is 2.02. The average molecular weight is 224 g/mol. The van der Waals surface area contributed by atoms with Crippen molar-refractivity contribution < 1.29 is 0 Å². The summed E-state index contributed by atoms with van der Waals surface area (Å²) >= 11 is 0. The number of nitrogens with zero attached hydrogens (tertiary/aromatic N) is 1. The first-order chi connectivity index (χ1) is 7.75. The van der Waals surface area contributed by atoms with E-state index in [9.17, 15) is 0 Å². The second kappa shape index (κ2) is 5.05. The zero-order valence-electron chi connectivity index (χ0n) is 11.0. The van der Waals surface area contributed by atoms with E-state index in [4.69, 9.17) is 5.73 Å². The van der Waals surface area contributed by atoms with Crippen molar-refractivity contribution in [2.24, 2.45) is 11.7 Å². The van der Waals surface area contributed by atoms with Gasteiger partial charge >= 0.3 is 0 Å². The zero-order valence-corrected chi connectivity index (χ0v) is 11.0. The fourth-order valence-electron chi connectivity index (χ4n) is 4.17. The first-order valence-electron chi connectivity index (χ1n) is 7.22. The van der Waals surface area contributed by atoms with Gasteiger partial charge in [0.2, 0.25) is 0 Å². The van der Waals surface area contributed by atoms with E-state index >= 15 is 0 Å². The minimum Gasteiger partial charge on any atom is -0.329 e. The summed E-state index contributed by atoms with van der Waals surface area (Å²) in [6.45, 7) is 6.79. The molecule has 2 fully saturated rings. The number of fused-ring (bicyclic) bond motifs is 2. The summed E-state index contributed by atoms with van der Waals surface area (Å²) in [4.78, 5) is 2.80. The van der Waals surface area contributed by atoms with E-state index in [0.29, 0.717) is 5.54 Å². The molecule has 1 saturated carbocycles. The Morgan fingerprint density at radius 3 is 2.25 bits per heavy atom. The van der Waals surface area contributed by atoms with Crippen LogP contribution in [0.25, 0.3) is 0 Å². The van der Waals surface area contributed by atoms with Crippen LogP contribution in [-0.2, 0) is 0 Å². The van der Waals surface area contributed by atoms with E-state index in [1.54, 1.807) is 0 Å². The lowest BCUT2D eigenvalue weighted by Gasteiger charge is -2.46. The molecule has 2 N–H and O–H groups in total. The standard InChI is InChI=1S/C14H28N2/c1-3-7-14(11-15,8-4-2)16-10-12-5-6-13(16)9-12/h12-13H,3-11,15H2,1-2H3. The Balaban J connectivity index is 2.10. The van der Waals surface area contributed by atoms with Crippen molar-refractivity contribution in [1.82, 2.24) is 4.90 Å². The molecule has 0 aromatic carbocycles. The maximum Gasteiger partial charge on any atom is 0.0334 e. The van der Waals surface area contributed by atoms with Crippen molar-refractivity contribution in [2.75, 3.05) is 13.1 Å². The predicted octanol–water partition coefficient (Wildman–Crippen LogP) is 2.77. The number of hydrogen-bond donors (Lipinski definition) is 1. The highest BCUT2D eigenvalue weighted by Gasteiger charge is 2.46. The van der Waals surface area contributed by atoms with Crippen molar-refractivity contribution >= 4 is 0 Å². The van der Waals surface area contributed by atoms with Crippen molar-refractivity contribution in [3.8, 4) is 0 Å². The molecule has 0 radical (unpaired) electrons. The van der Waals surface area contributed by atoms with Crippen LogP contribution in [-0.4, -0.2) is 29.6 Å². The summed E-state index contributed by atoms with van der Waals surface area (Å²) in [5.41, 5.74) is 6.49. The summed E-state index contributed by atoms with van der Waals surface area (Å²) in [7, 11) is 0. The van der Waals surface area contributed by atoms with Crippen LogP contribution < -0.4 is 5.73 Å². The highest BCUT2D eigenvalue weighted by molar-refractivity contribution is 5.02. The van der Waals surface area contributed by atoms with Gasteiger partial charge in [-0.05, 0) is 38.0 Å². The molecule has 0 amide bonds. The third-order valence-electron chi connectivity index (χ3n) is 4.83. The molecule has 2 unspecified atom stereocenters. The van der Waals surface area contributed by atoms with Gasteiger partial charge in [-0.3, -0.25) is 4.90 Å². The van der Waals surface area contributed by atoms with Gasteiger partial charge in [0.15, 0.2) is 0 Å². The van der Waals surface area contributed by atoms with Crippen LogP contribution in [0, 0.1) is 5.92 Å². The topological polar surface area (TPSA) is 29.3 Å². The number of rotatable bonds is 6. The molecular weight excluding hydrogens is 196 g/mol. The minimum absolute atomic E-state index is 0.337. The Hall–Kier alpha value is -0.0800. The second-order valence-corrected chi connectivity index (χ2v) is 5.91. The summed E-state index contributed by atoms with van der Waals surface area (Å²) in [5.74, 6) is 0.990. The molecule has 2 heteroatoms. The summed E-state index contributed by atoms with van der Waals surface area (Å²) in [6, 6.07) is 0.867. The highest BCUT2D eigenvalue weighted by Crippen LogP contribution is 2.43. The Kier molecular flexibility index (Phi) is 3.91. The molecule has 0 aromatic heterocycles. The minimum atomic E-state index is 0.337. The zero-order chi connectivity index (χ0) is 11.6. The van der Waals surface area contributed by atoms with Crippen LogP contribution in [0.5, 0.6) is 0 Å². The number of hydrogen-bond acceptors (Lipinski definition) is 2. The van der Waals surface area contributed by atoms with Crippen LogP contribution in [0.3, 0.4) is 0 Å². The SMILES string of the molecule is CCCC(CN)(CCC)N1CC2CCC1C2. The molecule has 2 aliphatic rings. The van der Waals surface area contributed by atoms with Crippen LogP contribution in [0.15, 0.2) is 0 Å². The molecule has 2 rings (SSSR count). The predicted molar refractivity (Wildman–Crippen MR) is 69.4 cm³/mol. The number of piperidine rings is 1. The third-order valence-corrected chi connectivity index (χ3v) is 4.83. The van der Waals surface area contributed by atoms with E-state index in [0.717, 1.165) is 18.5 Å². The molecule has 1 heterocycles. The fraction of sp³-hybridized carbons (Fsp3) is 1.00. The fourth-order valence-corrected chi connectivity index (χ4v) is 4.17. The van der Waals surface area contributed by atoms with Crippen molar-refractivity contribution in [3.63, 3.8) is 0 Å². The van der Waals surface area contributed by atoms with Gasteiger partial charge in [0.1, 0.15) is 0 Å². The lowest BCUT2D eigenvalue weighted by molar-refractivity contribution is 0.0444. The first-order valence-corrected chi connectivity index (χ1v) is 7.22.